The molecule has 1 aromatic rings. The van der Waals surface area contributed by atoms with E-state index in [4.69, 9.17) is 23.7 Å². The average Bonchev–Trinajstić information content (AvgIpc) is 2.96. The molecule has 2 N–H and O–H groups in total. The molecule has 0 aliphatic heterocycles. The van der Waals surface area contributed by atoms with Crippen LogP contribution in [0.2, 0.25) is 0 Å². The summed E-state index contributed by atoms with van der Waals surface area (Å²) in [6, 6.07) is 7.19. The first-order chi connectivity index (χ1) is 20.3. The van der Waals surface area contributed by atoms with Crippen molar-refractivity contribution in [3.63, 3.8) is 0 Å². The van der Waals surface area contributed by atoms with Crippen molar-refractivity contribution >= 4 is 33.4 Å². The molecule has 0 spiro atoms. The molecule has 1 unspecified atom stereocenters. The van der Waals surface area contributed by atoms with Gasteiger partial charge < -0.3 is 34.3 Å². The van der Waals surface area contributed by atoms with Crippen molar-refractivity contribution in [2.75, 3.05) is 72.2 Å². The van der Waals surface area contributed by atoms with Gasteiger partial charge in [0.05, 0.1) is 33.0 Å². The van der Waals surface area contributed by atoms with Crippen molar-refractivity contribution in [3.8, 4) is 17.6 Å². The maximum atomic E-state index is 12.4. The van der Waals surface area contributed by atoms with E-state index in [1.54, 1.807) is 33.7 Å². The Bertz CT molecular complexity index is 922. The van der Waals surface area contributed by atoms with Gasteiger partial charge in [0.25, 0.3) is 5.91 Å². The van der Waals surface area contributed by atoms with Crippen molar-refractivity contribution in [3.05, 3.63) is 29.8 Å². The van der Waals surface area contributed by atoms with E-state index >= 15 is 0 Å². The summed E-state index contributed by atoms with van der Waals surface area (Å²) in [7, 11) is 3.18. The zero-order valence-electron chi connectivity index (χ0n) is 25.9. The predicted molar refractivity (Wildman–Crippen MR) is 172 cm³/mol. The van der Waals surface area contributed by atoms with Crippen LogP contribution in [0, 0.1) is 23.7 Å². The van der Waals surface area contributed by atoms with Gasteiger partial charge in [0, 0.05) is 37.6 Å². The molecule has 0 heterocycles. The van der Waals surface area contributed by atoms with Crippen LogP contribution < -0.4 is 15.4 Å². The Morgan fingerprint density at radius 1 is 0.929 bits per heavy atom. The molecule has 42 heavy (non-hydrogen) atoms. The van der Waals surface area contributed by atoms with Crippen molar-refractivity contribution in [1.29, 1.82) is 0 Å². The standard InChI is InChI=1S/C31H50N2O7S2/c1-25(2)9-7-16-36-18-15-32-29(34)12-8-17-37-19-20-38-21-22-39-30(42-41-5)24-40-28-11-6-10-27(23-28)31(35)33-14-13-26(3)4/h6,10-11,23,25-26,30H,8,12-22,24H2,1-5H3,(H,32,34)(H,33,35). The molecule has 0 aliphatic carbocycles. The summed E-state index contributed by atoms with van der Waals surface area (Å²) in [5.74, 6) is 7.36. The molecule has 0 bridgehead atoms. The van der Waals surface area contributed by atoms with Crippen molar-refractivity contribution in [2.45, 2.75) is 52.4 Å². The monoisotopic (exact) mass is 626 g/mol. The van der Waals surface area contributed by atoms with Crippen LogP contribution in [0.5, 0.6) is 5.75 Å². The average molecular weight is 627 g/mol. The van der Waals surface area contributed by atoms with Crippen molar-refractivity contribution in [2.24, 2.45) is 11.8 Å². The maximum absolute atomic E-state index is 12.4. The molecule has 238 valence electrons. The van der Waals surface area contributed by atoms with Gasteiger partial charge in [0.1, 0.15) is 24.4 Å². The lowest BCUT2D eigenvalue weighted by atomic mass is 10.1. The first-order valence-corrected chi connectivity index (χ1v) is 17.2. The van der Waals surface area contributed by atoms with E-state index in [0.717, 1.165) is 6.42 Å². The Hall–Kier alpha value is -1.94. The Balaban J connectivity index is 2.09. The minimum atomic E-state index is -0.181. The number of rotatable bonds is 24. The Labute approximate surface area is 260 Å². The zero-order valence-corrected chi connectivity index (χ0v) is 27.5. The number of carbonyl (C=O) groups excluding carboxylic acids is 2. The third kappa shape index (κ3) is 21.7. The fourth-order valence-corrected chi connectivity index (χ4v) is 4.76. The molecule has 0 radical (unpaired) electrons. The van der Waals surface area contributed by atoms with Gasteiger partial charge in [-0.3, -0.25) is 9.59 Å². The third-order valence-electron chi connectivity index (χ3n) is 5.42. The van der Waals surface area contributed by atoms with Crippen LogP contribution in [0.15, 0.2) is 24.3 Å². The molecule has 1 rings (SSSR count). The van der Waals surface area contributed by atoms with E-state index in [0.29, 0.717) is 102 Å². The Morgan fingerprint density at radius 3 is 2.43 bits per heavy atom. The second-order valence-corrected chi connectivity index (χ2v) is 12.7. The topological polar surface area (TPSA) is 104 Å². The number of ether oxygens (including phenoxy) is 5. The summed E-state index contributed by atoms with van der Waals surface area (Å²) in [6.45, 7) is 12.9. The molecule has 0 fully saturated rings. The van der Waals surface area contributed by atoms with Crippen LogP contribution in [0.25, 0.3) is 0 Å². The smallest absolute Gasteiger partial charge is 0.251 e. The minimum Gasteiger partial charge on any atom is -0.490 e. The summed E-state index contributed by atoms with van der Waals surface area (Å²) in [4.78, 5) is 24.2. The fraction of sp³-hybridized carbons (Fsp3) is 0.677. The molecule has 1 aromatic carbocycles. The molecular weight excluding hydrogens is 576 g/mol. The van der Waals surface area contributed by atoms with Crippen LogP contribution in [-0.2, 0) is 23.7 Å². The van der Waals surface area contributed by atoms with E-state index in [1.807, 2.05) is 32.2 Å². The lowest BCUT2D eigenvalue weighted by Crippen LogP contribution is -2.27. The quantitative estimate of drug-likeness (QED) is 0.0725. The Kier molecular flexibility index (Phi) is 23.2. The molecule has 0 saturated heterocycles. The van der Waals surface area contributed by atoms with Crippen molar-refractivity contribution in [1.82, 2.24) is 10.6 Å². The van der Waals surface area contributed by atoms with Crippen LogP contribution in [0.4, 0.5) is 0 Å². The van der Waals surface area contributed by atoms with Gasteiger partial charge in [-0.05, 0) is 43.2 Å². The summed E-state index contributed by atoms with van der Waals surface area (Å²) in [5.41, 5.74) is 0.397. The summed E-state index contributed by atoms with van der Waals surface area (Å²) in [6.07, 6.45) is 3.99. The van der Waals surface area contributed by atoms with Crippen molar-refractivity contribution < 1.29 is 33.3 Å². The van der Waals surface area contributed by atoms with E-state index in [-0.39, 0.29) is 17.3 Å². The fourth-order valence-electron chi connectivity index (χ4n) is 3.29. The third-order valence-corrected chi connectivity index (χ3v) is 7.32. The maximum Gasteiger partial charge on any atom is 0.251 e. The number of carbonyl (C=O) groups is 2. The molecule has 0 aromatic heterocycles. The molecule has 2 amide bonds. The summed E-state index contributed by atoms with van der Waals surface area (Å²) < 4.78 is 28.3. The molecule has 0 aliphatic rings. The van der Waals surface area contributed by atoms with E-state index in [9.17, 15) is 9.59 Å². The summed E-state index contributed by atoms with van der Waals surface area (Å²) >= 11 is 0. The second kappa shape index (κ2) is 25.5. The van der Waals surface area contributed by atoms with Crippen LogP contribution in [0.1, 0.15) is 57.3 Å². The first kappa shape index (κ1) is 38.1. The zero-order chi connectivity index (χ0) is 30.8. The second-order valence-electron chi connectivity index (χ2n) is 10.0. The van der Waals surface area contributed by atoms with E-state index in [1.165, 1.54) is 0 Å². The van der Waals surface area contributed by atoms with Crippen LogP contribution in [0.3, 0.4) is 0 Å². The number of hydrogen-bond acceptors (Lipinski definition) is 9. The number of amides is 2. The predicted octanol–water partition coefficient (Wildman–Crippen LogP) is 4.80. The SMILES string of the molecule is CSSC(COc1cccc(C(=O)NCCC(C)C)c1)OCCOCCOCCCC(=O)NCCOCC#CC(C)C. The molecule has 1 atom stereocenters. The molecule has 9 nitrogen and oxygen atoms in total. The van der Waals surface area contributed by atoms with Gasteiger partial charge in [-0.1, -0.05) is 67.2 Å². The normalized spacial score (nSPS) is 11.7. The van der Waals surface area contributed by atoms with Crippen LogP contribution >= 0.6 is 21.6 Å². The lowest BCUT2D eigenvalue weighted by Gasteiger charge is -2.17. The van der Waals surface area contributed by atoms with Gasteiger partial charge in [0.2, 0.25) is 5.91 Å². The van der Waals surface area contributed by atoms with Gasteiger partial charge in [-0.25, -0.2) is 0 Å². The highest BCUT2D eigenvalue weighted by Gasteiger charge is 2.12. The first-order valence-electron chi connectivity index (χ1n) is 14.6. The lowest BCUT2D eigenvalue weighted by molar-refractivity contribution is -0.121. The molecular formula is C31H50N2O7S2. The molecule has 0 saturated carbocycles. The van der Waals surface area contributed by atoms with Gasteiger partial charge in [0.15, 0.2) is 0 Å². The summed E-state index contributed by atoms with van der Waals surface area (Å²) in [5, 5.41) is 5.77. The van der Waals surface area contributed by atoms with E-state index < -0.39 is 0 Å². The van der Waals surface area contributed by atoms with Gasteiger partial charge in [-0.15, -0.1) is 0 Å². The van der Waals surface area contributed by atoms with E-state index in [2.05, 4.69) is 36.3 Å². The van der Waals surface area contributed by atoms with Gasteiger partial charge in [-0.2, -0.15) is 0 Å². The highest BCUT2D eigenvalue weighted by Crippen LogP contribution is 2.25. The number of benzene rings is 1. The van der Waals surface area contributed by atoms with Gasteiger partial charge >= 0.3 is 0 Å². The highest BCUT2D eigenvalue weighted by atomic mass is 33.1. The number of nitrogens with one attached hydrogen (secondary N) is 2. The Morgan fingerprint density at radius 2 is 1.69 bits per heavy atom. The minimum absolute atomic E-state index is 0.0131. The highest BCUT2D eigenvalue weighted by molar-refractivity contribution is 8.76. The van der Waals surface area contributed by atoms with Crippen LogP contribution in [-0.4, -0.2) is 89.5 Å². The largest absolute Gasteiger partial charge is 0.490 e. The number of hydrogen-bond donors (Lipinski definition) is 2. The molecule has 11 heteroatoms.